The zero-order chi connectivity index (χ0) is 32.5. The lowest BCUT2D eigenvalue weighted by atomic mass is 9.85. The van der Waals surface area contributed by atoms with Gasteiger partial charge in [0.2, 0.25) is 5.95 Å². The highest BCUT2D eigenvalue weighted by molar-refractivity contribution is 5.85. The van der Waals surface area contributed by atoms with Crippen LogP contribution in [0, 0.1) is 23.0 Å². The van der Waals surface area contributed by atoms with Crippen LogP contribution in [0.2, 0.25) is 0 Å². The minimum atomic E-state index is -4.16. The van der Waals surface area contributed by atoms with Crippen molar-refractivity contribution in [3.63, 3.8) is 0 Å². The second-order valence-corrected chi connectivity index (χ2v) is 13.8. The number of fused-ring (bicyclic) bond motifs is 1. The zero-order valence-corrected chi connectivity index (χ0v) is 26.4. The SMILES string of the molecule is Cn1c(Nc2c(F)ccc(CNCC(C)(C)C)c2F)nc2cc(CNC3CCC(C(F)(F)F)CC3)c(N3CCC(F)CC3)cc21. The zero-order valence-electron chi connectivity index (χ0n) is 26.4. The molecule has 0 atom stereocenters. The number of hydrogen-bond acceptors (Lipinski definition) is 5. The van der Waals surface area contributed by atoms with Gasteiger partial charge in [-0.1, -0.05) is 26.8 Å². The summed E-state index contributed by atoms with van der Waals surface area (Å²) in [5.74, 6) is -2.42. The number of nitrogens with zero attached hydrogens (tertiary/aromatic N) is 3. The van der Waals surface area contributed by atoms with E-state index in [1.54, 1.807) is 11.6 Å². The van der Waals surface area contributed by atoms with Crippen LogP contribution in [-0.2, 0) is 20.1 Å². The van der Waals surface area contributed by atoms with Gasteiger partial charge in [0.25, 0.3) is 0 Å². The van der Waals surface area contributed by atoms with Gasteiger partial charge in [0.15, 0.2) is 5.82 Å². The number of benzene rings is 2. The minimum absolute atomic E-state index is 0.00619. The van der Waals surface area contributed by atoms with Gasteiger partial charge in [-0.3, -0.25) is 0 Å². The molecular weight excluding hydrogens is 594 g/mol. The summed E-state index contributed by atoms with van der Waals surface area (Å²) < 4.78 is 85.7. The number of rotatable bonds is 9. The molecule has 248 valence electrons. The third-order valence-electron chi connectivity index (χ3n) is 9.00. The van der Waals surface area contributed by atoms with Crippen molar-refractivity contribution < 1.29 is 26.3 Å². The van der Waals surface area contributed by atoms with Crippen LogP contribution in [0.5, 0.6) is 0 Å². The molecular formula is C33H44F6N6. The summed E-state index contributed by atoms with van der Waals surface area (Å²) in [4.78, 5) is 6.80. The molecule has 5 rings (SSSR count). The Balaban J connectivity index is 1.39. The normalized spacial score (nSPS) is 20.3. The van der Waals surface area contributed by atoms with Crippen molar-refractivity contribution >= 4 is 28.4 Å². The largest absolute Gasteiger partial charge is 0.391 e. The Morgan fingerprint density at radius 2 is 1.60 bits per heavy atom. The first-order chi connectivity index (χ1) is 21.2. The maximum atomic E-state index is 15.5. The number of anilines is 3. The average molecular weight is 639 g/mol. The van der Waals surface area contributed by atoms with Crippen LogP contribution in [0.15, 0.2) is 24.3 Å². The first-order valence-corrected chi connectivity index (χ1v) is 15.8. The highest BCUT2D eigenvalue weighted by atomic mass is 19.4. The van der Waals surface area contributed by atoms with Crippen molar-refractivity contribution in [1.29, 1.82) is 0 Å². The van der Waals surface area contributed by atoms with Crippen molar-refractivity contribution in [3.8, 4) is 0 Å². The lowest BCUT2D eigenvalue weighted by molar-refractivity contribution is -0.182. The average Bonchev–Trinajstić information content (AvgIpc) is 3.28. The molecule has 2 aromatic carbocycles. The molecule has 2 fully saturated rings. The Labute approximate surface area is 260 Å². The standard InChI is InChI=1S/C33H44F6N6/c1-32(2,3)19-40-17-20-5-10-25(35)30(29(20)36)43-31-42-26-15-21(18-41-24-8-6-22(7-9-24)33(37,38)39)27(16-28(26)44(31)4)45-13-11-23(34)12-14-45/h5,10,15-16,22-24,40-41H,6-9,11-14,17-19H2,1-4H3,(H,42,43). The molecule has 0 unspecified atom stereocenters. The van der Waals surface area contributed by atoms with Gasteiger partial charge in [-0.25, -0.2) is 18.2 Å². The summed E-state index contributed by atoms with van der Waals surface area (Å²) in [5.41, 5.74) is 3.17. The van der Waals surface area contributed by atoms with Gasteiger partial charge in [-0.2, -0.15) is 13.2 Å². The Hall–Kier alpha value is -2.99. The van der Waals surface area contributed by atoms with Crippen LogP contribution in [0.1, 0.15) is 70.4 Å². The molecule has 3 N–H and O–H groups in total. The topological polar surface area (TPSA) is 57.2 Å². The van der Waals surface area contributed by atoms with Gasteiger partial charge in [-0.15, -0.1) is 0 Å². The maximum Gasteiger partial charge on any atom is 0.391 e. The summed E-state index contributed by atoms with van der Waals surface area (Å²) >= 11 is 0. The molecule has 1 saturated carbocycles. The second-order valence-electron chi connectivity index (χ2n) is 13.8. The molecule has 2 heterocycles. The fourth-order valence-electron chi connectivity index (χ4n) is 6.32. The molecule has 1 aromatic heterocycles. The molecule has 0 radical (unpaired) electrons. The molecule has 1 aliphatic carbocycles. The third kappa shape index (κ3) is 8.06. The van der Waals surface area contributed by atoms with Crippen LogP contribution in [-0.4, -0.2) is 47.6 Å². The Morgan fingerprint density at radius 3 is 2.24 bits per heavy atom. The van der Waals surface area contributed by atoms with Crippen LogP contribution >= 0.6 is 0 Å². The fraction of sp³-hybridized carbons (Fsp3) is 0.606. The van der Waals surface area contributed by atoms with Crippen LogP contribution in [0.4, 0.5) is 43.7 Å². The van der Waals surface area contributed by atoms with E-state index in [0.717, 1.165) is 16.8 Å². The second kappa shape index (κ2) is 13.4. The molecule has 3 aromatic rings. The Kier molecular flexibility index (Phi) is 9.93. The van der Waals surface area contributed by atoms with Gasteiger partial charge in [0.05, 0.1) is 17.0 Å². The number of alkyl halides is 4. The van der Waals surface area contributed by atoms with Gasteiger partial charge >= 0.3 is 6.18 Å². The lowest BCUT2D eigenvalue weighted by Crippen LogP contribution is -2.38. The molecule has 0 bridgehead atoms. The van der Waals surface area contributed by atoms with Crippen LogP contribution in [0.25, 0.3) is 11.0 Å². The first-order valence-electron chi connectivity index (χ1n) is 15.8. The summed E-state index contributed by atoms with van der Waals surface area (Å²) in [6.45, 7) is 8.59. The number of aryl methyl sites for hydroxylation is 1. The van der Waals surface area contributed by atoms with Gasteiger partial charge in [0.1, 0.15) is 17.7 Å². The maximum absolute atomic E-state index is 15.5. The molecule has 1 saturated heterocycles. The summed E-state index contributed by atoms with van der Waals surface area (Å²) in [6, 6.07) is 6.50. The highest BCUT2D eigenvalue weighted by Crippen LogP contribution is 2.38. The van der Waals surface area contributed by atoms with Crippen LogP contribution in [0.3, 0.4) is 0 Å². The molecule has 0 amide bonds. The lowest BCUT2D eigenvalue weighted by Gasteiger charge is -2.33. The molecule has 1 aliphatic heterocycles. The van der Waals surface area contributed by atoms with E-state index >= 15 is 4.39 Å². The molecule has 0 spiro atoms. The van der Waals surface area contributed by atoms with Crippen molar-refractivity contribution in [2.75, 3.05) is 29.9 Å². The van der Waals surface area contributed by atoms with E-state index in [9.17, 15) is 22.0 Å². The van der Waals surface area contributed by atoms with E-state index in [-0.39, 0.29) is 42.5 Å². The van der Waals surface area contributed by atoms with E-state index < -0.39 is 29.9 Å². The molecule has 6 nitrogen and oxygen atoms in total. The van der Waals surface area contributed by atoms with Crippen molar-refractivity contribution in [2.45, 2.75) is 90.8 Å². The molecule has 45 heavy (non-hydrogen) atoms. The first kappa shape index (κ1) is 33.4. The van der Waals surface area contributed by atoms with E-state index in [1.807, 2.05) is 12.1 Å². The highest BCUT2D eigenvalue weighted by Gasteiger charge is 2.41. The van der Waals surface area contributed by atoms with E-state index in [2.05, 4.69) is 46.6 Å². The third-order valence-corrected chi connectivity index (χ3v) is 9.00. The summed E-state index contributed by atoms with van der Waals surface area (Å²) in [6.07, 6.45) is -3.11. The number of aromatic nitrogens is 2. The van der Waals surface area contributed by atoms with E-state index in [1.165, 1.54) is 12.1 Å². The van der Waals surface area contributed by atoms with Crippen molar-refractivity contribution in [3.05, 3.63) is 47.0 Å². The van der Waals surface area contributed by atoms with Crippen molar-refractivity contribution in [1.82, 2.24) is 20.2 Å². The predicted octanol–water partition coefficient (Wildman–Crippen LogP) is 7.88. The molecule has 12 heteroatoms. The molecule has 2 aliphatic rings. The number of imidazole rings is 1. The number of hydrogen-bond donors (Lipinski definition) is 3. The number of piperidine rings is 1. The van der Waals surface area contributed by atoms with Gasteiger partial charge in [-0.05, 0) is 67.7 Å². The van der Waals surface area contributed by atoms with Crippen molar-refractivity contribution in [2.24, 2.45) is 18.4 Å². The minimum Gasteiger partial charge on any atom is -0.371 e. The quantitative estimate of drug-likeness (QED) is 0.208. The van der Waals surface area contributed by atoms with Crippen LogP contribution < -0.4 is 20.9 Å². The van der Waals surface area contributed by atoms with Gasteiger partial charge in [0, 0.05) is 57.1 Å². The van der Waals surface area contributed by atoms with E-state index in [4.69, 9.17) is 0 Å². The monoisotopic (exact) mass is 638 g/mol. The number of halogens is 6. The smallest absolute Gasteiger partial charge is 0.371 e. The Morgan fingerprint density at radius 1 is 0.911 bits per heavy atom. The predicted molar refractivity (Wildman–Crippen MR) is 167 cm³/mol. The number of nitrogens with one attached hydrogen (secondary N) is 3. The van der Waals surface area contributed by atoms with Gasteiger partial charge < -0.3 is 25.4 Å². The van der Waals surface area contributed by atoms with E-state index in [0.29, 0.717) is 62.9 Å². The summed E-state index contributed by atoms with van der Waals surface area (Å²) in [5, 5.41) is 9.54. The summed E-state index contributed by atoms with van der Waals surface area (Å²) in [7, 11) is 1.76. The Bertz CT molecular complexity index is 1460. The fourth-order valence-corrected chi connectivity index (χ4v) is 6.32.